The lowest BCUT2D eigenvalue weighted by molar-refractivity contribution is 0.0997. The van der Waals surface area contributed by atoms with Crippen molar-refractivity contribution in [3.8, 4) is 0 Å². The van der Waals surface area contributed by atoms with E-state index in [1.807, 2.05) is 30.3 Å². The van der Waals surface area contributed by atoms with Gasteiger partial charge < -0.3 is 16.0 Å². The third kappa shape index (κ3) is 2.36. The van der Waals surface area contributed by atoms with E-state index in [1.54, 1.807) is 24.3 Å². The molecule has 1 aromatic heterocycles. The van der Waals surface area contributed by atoms with Crippen LogP contribution in [0.1, 0.15) is 20.8 Å². The van der Waals surface area contributed by atoms with Gasteiger partial charge in [-0.3, -0.25) is 9.59 Å². The number of aromatic amines is 1. The standard InChI is InChI=1S/C16H13N3O2/c17-15(20)14-13(11-8-4-5-9-12(11)18-14)19-16(21)10-6-2-1-3-7-10/h1-9,18H,(H2,17,20)(H,19,21). The number of anilines is 1. The lowest BCUT2D eigenvalue weighted by Crippen LogP contribution is -2.17. The Morgan fingerprint density at radius 2 is 1.62 bits per heavy atom. The maximum atomic E-state index is 12.3. The van der Waals surface area contributed by atoms with Crippen molar-refractivity contribution in [3.05, 3.63) is 65.9 Å². The van der Waals surface area contributed by atoms with Gasteiger partial charge in [-0.15, -0.1) is 0 Å². The highest BCUT2D eigenvalue weighted by Gasteiger charge is 2.17. The first-order chi connectivity index (χ1) is 10.2. The Bertz CT molecular complexity index is 822. The number of nitrogens with one attached hydrogen (secondary N) is 2. The van der Waals surface area contributed by atoms with E-state index in [-0.39, 0.29) is 11.6 Å². The molecule has 0 saturated carbocycles. The van der Waals surface area contributed by atoms with Crippen LogP contribution in [0, 0.1) is 0 Å². The van der Waals surface area contributed by atoms with Crippen molar-refractivity contribution in [3.63, 3.8) is 0 Å². The molecule has 0 spiro atoms. The minimum atomic E-state index is -0.616. The second kappa shape index (κ2) is 5.13. The van der Waals surface area contributed by atoms with E-state index in [0.717, 1.165) is 10.9 Å². The number of H-pyrrole nitrogens is 1. The van der Waals surface area contributed by atoms with Crippen molar-refractivity contribution in [2.75, 3.05) is 5.32 Å². The van der Waals surface area contributed by atoms with E-state index >= 15 is 0 Å². The molecule has 3 aromatic rings. The summed E-state index contributed by atoms with van der Waals surface area (Å²) in [6, 6.07) is 16.1. The Balaban J connectivity index is 2.05. The van der Waals surface area contributed by atoms with Gasteiger partial charge in [-0.2, -0.15) is 0 Å². The number of hydrogen-bond donors (Lipinski definition) is 3. The number of benzene rings is 2. The molecule has 4 N–H and O–H groups in total. The summed E-state index contributed by atoms with van der Waals surface area (Å²) in [5, 5.41) is 3.51. The maximum absolute atomic E-state index is 12.3. The molecule has 0 saturated heterocycles. The second-order valence-electron chi connectivity index (χ2n) is 4.60. The van der Waals surface area contributed by atoms with Crippen LogP contribution in [0.4, 0.5) is 5.69 Å². The van der Waals surface area contributed by atoms with E-state index in [1.165, 1.54) is 0 Å². The van der Waals surface area contributed by atoms with Crippen LogP contribution in [-0.2, 0) is 0 Å². The molecule has 21 heavy (non-hydrogen) atoms. The zero-order chi connectivity index (χ0) is 14.8. The number of aromatic nitrogens is 1. The molecule has 2 amide bonds. The molecule has 0 fully saturated rings. The molecule has 3 rings (SSSR count). The molecular weight excluding hydrogens is 266 g/mol. The van der Waals surface area contributed by atoms with Gasteiger partial charge in [0.25, 0.3) is 11.8 Å². The molecule has 0 atom stereocenters. The highest BCUT2D eigenvalue weighted by molar-refractivity contribution is 6.15. The normalized spacial score (nSPS) is 10.5. The van der Waals surface area contributed by atoms with E-state index in [9.17, 15) is 9.59 Å². The van der Waals surface area contributed by atoms with Crippen molar-refractivity contribution in [1.82, 2.24) is 4.98 Å². The predicted molar refractivity (Wildman–Crippen MR) is 81.2 cm³/mol. The summed E-state index contributed by atoms with van der Waals surface area (Å²) in [6.45, 7) is 0. The summed E-state index contributed by atoms with van der Waals surface area (Å²) in [5.74, 6) is -0.905. The van der Waals surface area contributed by atoms with Crippen LogP contribution in [0.3, 0.4) is 0 Å². The highest BCUT2D eigenvalue weighted by Crippen LogP contribution is 2.27. The summed E-state index contributed by atoms with van der Waals surface area (Å²) < 4.78 is 0. The van der Waals surface area contributed by atoms with Crippen LogP contribution < -0.4 is 11.1 Å². The molecule has 1 heterocycles. The number of hydrogen-bond acceptors (Lipinski definition) is 2. The largest absolute Gasteiger partial charge is 0.364 e. The molecule has 0 aliphatic rings. The first-order valence-corrected chi connectivity index (χ1v) is 6.43. The maximum Gasteiger partial charge on any atom is 0.267 e. The van der Waals surface area contributed by atoms with E-state index in [0.29, 0.717) is 11.3 Å². The number of fused-ring (bicyclic) bond motifs is 1. The van der Waals surface area contributed by atoms with Gasteiger partial charge in [0.2, 0.25) is 0 Å². The molecule has 5 nitrogen and oxygen atoms in total. The lowest BCUT2D eigenvalue weighted by atomic mass is 10.2. The Morgan fingerprint density at radius 1 is 0.952 bits per heavy atom. The van der Waals surface area contributed by atoms with Gasteiger partial charge in [0.15, 0.2) is 0 Å². The molecule has 5 heteroatoms. The Morgan fingerprint density at radius 3 is 2.33 bits per heavy atom. The fourth-order valence-corrected chi connectivity index (χ4v) is 2.23. The summed E-state index contributed by atoms with van der Waals surface area (Å²) in [5.41, 5.74) is 7.23. The van der Waals surface area contributed by atoms with Gasteiger partial charge in [0.05, 0.1) is 5.69 Å². The number of para-hydroxylation sites is 1. The zero-order valence-electron chi connectivity index (χ0n) is 11.1. The van der Waals surface area contributed by atoms with Gasteiger partial charge in [-0.25, -0.2) is 0 Å². The van der Waals surface area contributed by atoms with Gasteiger partial charge in [0.1, 0.15) is 5.69 Å². The number of primary amides is 1. The number of rotatable bonds is 3. The Hall–Kier alpha value is -3.08. The quantitative estimate of drug-likeness (QED) is 0.687. The summed E-state index contributed by atoms with van der Waals surface area (Å²) in [7, 11) is 0. The molecular formula is C16H13N3O2. The second-order valence-corrected chi connectivity index (χ2v) is 4.60. The average molecular weight is 279 g/mol. The first-order valence-electron chi connectivity index (χ1n) is 6.43. The predicted octanol–water partition coefficient (Wildman–Crippen LogP) is 2.52. The van der Waals surface area contributed by atoms with Gasteiger partial charge in [-0.1, -0.05) is 36.4 Å². The van der Waals surface area contributed by atoms with Crippen LogP contribution in [0.5, 0.6) is 0 Å². The molecule has 104 valence electrons. The van der Waals surface area contributed by atoms with Crippen molar-refractivity contribution in [2.45, 2.75) is 0 Å². The summed E-state index contributed by atoms with van der Waals surface area (Å²) in [6.07, 6.45) is 0. The SMILES string of the molecule is NC(=O)c1[nH]c2ccccc2c1NC(=O)c1ccccc1. The fraction of sp³-hybridized carbons (Fsp3) is 0. The van der Waals surface area contributed by atoms with Crippen molar-refractivity contribution >= 4 is 28.4 Å². The number of carbonyl (C=O) groups is 2. The molecule has 0 aliphatic carbocycles. The van der Waals surface area contributed by atoms with Gasteiger partial charge in [0, 0.05) is 16.5 Å². The third-order valence-electron chi connectivity index (χ3n) is 3.23. The van der Waals surface area contributed by atoms with Crippen molar-refractivity contribution < 1.29 is 9.59 Å². The lowest BCUT2D eigenvalue weighted by Gasteiger charge is -2.05. The van der Waals surface area contributed by atoms with Gasteiger partial charge >= 0.3 is 0 Å². The number of amides is 2. The minimum absolute atomic E-state index is 0.195. The smallest absolute Gasteiger partial charge is 0.267 e. The summed E-state index contributed by atoms with van der Waals surface area (Å²) in [4.78, 5) is 26.7. The Labute approximate surface area is 120 Å². The zero-order valence-corrected chi connectivity index (χ0v) is 11.1. The molecule has 0 aliphatic heterocycles. The van der Waals surface area contributed by atoms with Crippen LogP contribution in [0.25, 0.3) is 10.9 Å². The molecule has 0 unspecified atom stereocenters. The molecule has 0 bridgehead atoms. The van der Waals surface area contributed by atoms with Crippen molar-refractivity contribution in [2.24, 2.45) is 5.73 Å². The minimum Gasteiger partial charge on any atom is -0.364 e. The van der Waals surface area contributed by atoms with E-state index in [4.69, 9.17) is 5.73 Å². The summed E-state index contributed by atoms with van der Waals surface area (Å²) >= 11 is 0. The van der Waals surface area contributed by atoms with Gasteiger partial charge in [-0.05, 0) is 18.2 Å². The van der Waals surface area contributed by atoms with Crippen LogP contribution in [0.15, 0.2) is 54.6 Å². The van der Waals surface area contributed by atoms with Crippen LogP contribution in [-0.4, -0.2) is 16.8 Å². The monoisotopic (exact) mass is 279 g/mol. The first kappa shape index (κ1) is 12.9. The average Bonchev–Trinajstić information content (AvgIpc) is 2.87. The third-order valence-corrected chi connectivity index (χ3v) is 3.23. The topological polar surface area (TPSA) is 88.0 Å². The van der Waals surface area contributed by atoms with Crippen LogP contribution in [0.2, 0.25) is 0 Å². The van der Waals surface area contributed by atoms with E-state index in [2.05, 4.69) is 10.3 Å². The van der Waals surface area contributed by atoms with Crippen LogP contribution >= 0.6 is 0 Å². The highest BCUT2D eigenvalue weighted by atomic mass is 16.2. The fourth-order valence-electron chi connectivity index (χ4n) is 2.23. The Kier molecular flexibility index (Phi) is 3.16. The molecule has 0 radical (unpaired) electrons. The van der Waals surface area contributed by atoms with Crippen molar-refractivity contribution in [1.29, 1.82) is 0 Å². The van der Waals surface area contributed by atoms with E-state index < -0.39 is 5.91 Å². The number of nitrogens with two attached hydrogens (primary N) is 1. The molecule has 2 aromatic carbocycles. The number of carbonyl (C=O) groups excluding carboxylic acids is 2.